The van der Waals surface area contributed by atoms with E-state index < -0.39 is 0 Å². The molecule has 0 bridgehead atoms. The van der Waals surface area contributed by atoms with Crippen LogP contribution in [0.5, 0.6) is 0 Å². The monoisotopic (exact) mass is 470 g/mol. The van der Waals surface area contributed by atoms with Gasteiger partial charge in [0.1, 0.15) is 0 Å². The zero-order valence-corrected chi connectivity index (χ0v) is 20.1. The fraction of sp³-hybridized carbons (Fsp3) is 0.129. The van der Waals surface area contributed by atoms with Crippen molar-refractivity contribution >= 4 is 44.3 Å². The number of aryl methyl sites for hydroxylation is 2. The van der Waals surface area contributed by atoms with Crippen LogP contribution in [0.25, 0.3) is 44.1 Å². The van der Waals surface area contributed by atoms with Crippen molar-refractivity contribution in [2.75, 3.05) is 5.32 Å². The Hall–Kier alpha value is -4.51. The summed E-state index contributed by atoms with van der Waals surface area (Å²) in [6, 6.07) is 30.5. The molecule has 1 amide bonds. The van der Waals surface area contributed by atoms with Gasteiger partial charge in [0.25, 0.3) is 0 Å². The Kier molecular flexibility index (Phi) is 5.66. The van der Waals surface area contributed by atoms with Crippen molar-refractivity contribution in [3.63, 3.8) is 0 Å². The predicted molar refractivity (Wildman–Crippen MR) is 147 cm³/mol. The molecule has 0 aliphatic carbocycles. The van der Waals surface area contributed by atoms with Crippen LogP contribution in [-0.2, 0) is 11.2 Å². The Balaban J connectivity index is 1.24. The number of anilines is 1. The van der Waals surface area contributed by atoms with Crippen molar-refractivity contribution in [1.29, 1.82) is 0 Å². The maximum absolute atomic E-state index is 12.9. The summed E-state index contributed by atoms with van der Waals surface area (Å²) in [6.45, 7) is 1.95. The number of fused-ring (bicyclic) bond motifs is 3. The number of aromatic amines is 1. The first-order chi connectivity index (χ1) is 17.7. The van der Waals surface area contributed by atoms with Crippen molar-refractivity contribution in [3.8, 4) is 11.4 Å². The first-order valence-corrected chi connectivity index (χ1v) is 12.3. The van der Waals surface area contributed by atoms with Gasteiger partial charge in [-0.1, -0.05) is 60.7 Å². The summed E-state index contributed by atoms with van der Waals surface area (Å²) < 4.78 is 0. The van der Waals surface area contributed by atoms with Crippen LogP contribution in [0.1, 0.15) is 24.1 Å². The second kappa shape index (κ2) is 9.27. The quantitative estimate of drug-likeness (QED) is 0.270. The van der Waals surface area contributed by atoms with Crippen LogP contribution in [0.3, 0.4) is 0 Å². The van der Waals surface area contributed by atoms with E-state index in [9.17, 15) is 4.79 Å². The number of carbonyl (C=O) groups excluding carboxylic acids is 1. The summed E-state index contributed by atoms with van der Waals surface area (Å²) in [5.74, 6) is 0.0102. The van der Waals surface area contributed by atoms with Gasteiger partial charge in [-0.2, -0.15) is 0 Å². The third-order valence-corrected chi connectivity index (χ3v) is 6.62. The summed E-state index contributed by atoms with van der Waals surface area (Å²) in [6.07, 6.45) is 1.94. The highest BCUT2D eigenvalue weighted by Crippen LogP contribution is 2.32. The fourth-order valence-corrected chi connectivity index (χ4v) is 4.93. The Morgan fingerprint density at radius 2 is 1.58 bits per heavy atom. The van der Waals surface area contributed by atoms with Gasteiger partial charge in [0, 0.05) is 33.8 Å². The van der Waals surface area contributed by atoms with E-state index >= 15 is 0 Å². The summed E-state index contributed by atoms with van der Waals surface area (Å²) in [4.78, 5) is 26.0. The summed E-state index contributed by atoms with van der Waals surface area (Å²) >= 11 is 0. The van der Waals surface area contributed by atoms with Gasteiger partial charge in [0.15, 0.2) is 0 Å². The second-order valence-corrected chi connectivity index (χ2v) is 9.14. The lowest BCUT2D eigenvalue weighted by Crippen LogP contribution is -2.12. The summed E-state index contributed by atoms with van der Waals surface area (Å²) in [7, 11) is 0. The maximum atomic E-state index is 12.9. The summed E-state index contributed by atoms with van der Waals surface area (Å²) in [5, 5.41) is 6.37. The van der Waals surface area contributed by atoms with Crippen LogP contribution in [0.4, 0.5) is 5.69 Å². The Morgan fingerprint density at radius 3 is 2.47 bits per heavy atom. The van der Waals surface area contributed by atoms with Crippen LogP contribution in [-0.4, -0.2) is 20.9 Å². The van der Waals surface area contributed by atoms with Crippen molar-refractivity contribution in [3.05, 3.63) is 102 Å². The smallest absolute Gasteiger partial charge is 0.224 e. The van der Waals surface area contributed by atoms with Crippen molar-refractivity contribution in [1.82, 2.24) is 15.0 Å². The number of carbonyl (C=O) groups is 1. The standard InChI is InChI=1S/C31H26N4O/c1-20-19-29(24-11-4-7-15-27(24)32-20)34-30(36)16-8-12-23-22-10-3-6-14-26(22)35-31(23)28-18-17-21-9-2-5-13-25(21)33-28/h2-7,9-11,13-15,17-19,35H,8,12,16H2,1H3,(H,32,34,36). The first kappa shape index (κ1) is 22.0. The number of para-hydroxylation sites is 3. The normalized spacial score (nSPS) is 11.4. The highest BCUT2D eigenvalue weighted by Gasteiger charge is 2.15. The lowest BCUT2D eigenvalue weighted by molar-refractivity contribution is -0.116. The number of pyridine rings is 2. The van der Waals surface area contributed by atoms with Gasteiger partial charge in [0.2, 0.25) is 5.91 Å². The van der Waals surface area contributed by atoms with Crippen molar-refractivity contribution in [2.45, 2.75) is 26.2 Å². The van der Waals surface area contributed by atoms with Crippen LogP contribution < -0.4 is 5.32 Å². The highest BCUT2D eigenvalue weighted by molar-refractivity contribution is 6.01. The number of hydrogen-bond donors (Lipinski definition) is 2. The number of benzene rings is 3. The molecule has 5 nitrogen and oxygen atoms in total. The van der Waals surface area contributed by atoms with Gasteiger partial charge in [-0.3, -0.25) is 9.78 Å². The molecule has 0 aliphatic rings. The highest BCUT2D eigenvalue weighted by atomic mass is 16.1. The Labute approximate surface area is 209 Å². The maximum Gasteiger partial charge on any atom is 0.224 e. The molecule has 5 heteroatoms. The molecule has 0 aliphatic heterocycles. The van der Waals surface area contributed by atoms with E-state index in [1.54, 1.807) is 0 Å². The molecule has 176 valence electrons. The number of nitrogens with zero attached hydrogens (tertiary/aromatic N) is 2. The van der Waals surface area contributed by atoms with E-state index in [1.807, 2.05) is 61.5 Å². The number of rotatable bonds is 6. The molecule has 0 radical (unpaired) electrons. The molecule has 0 saturated carbocycles. The number of H-pyrrole nitrogens is 1. The second-order valence-electron chi connectivity index (χ2n) is 9.14. The van der Waals surface area contributed by atoms with Gasteiger partial charge in [0.05, 0.1) is 28.1 Å². The topological polar surface area (TPSA) is 70.7 Å². The molecule has 3 aromatic heterocycles. The SMILES string of the molecule is Cc1cc(NC(=O)CCCc2c(-c3ccc4ccccc4n3)[nH]c3ccccc23)c2ccccc2n1. The average molecular weight is 471 g/mol. The third-order valence-electron chi connectivity index (χ3n) is 6.62. The number of hydrogen-bond acceptors (Lipinski definition) is 3. The molecule has 0 fully saturated rings. The zero-order chi connectivity index (χ0) is 24.5. The summed E-state index contributed by atoms with van der Waals surface area (Å²) in [5.41, 5.74) is 7.79. The van der Waals surface area contributed by atoms with Crippen molar-refractivity contribution in [2.24, 2.45) is 0 Å². The molecule has 3 heterocycles. The van der Waals surface area contributed by atoms with Crippen LogP contribution in [0, 0.1) is 6.92 Å². The van der Waals surface area contributed by atoms with E-state index in [2.05, 4.69) is 51.7 Å². The van der Waals surface area contributed by atoms with E-state index in [0.717, 1.165) is 62.9 Å². The molecule has 36 heavy (non-hydrogen) atoms. The van der Waals surface area contributed by atoms with Gasteiger partial charge < -0.3 is 10.3 Å². The van der Waals surface area contributed by atoms with Crippen LogP contribution >= 0.6 is 0 Å². The largest absolute Gasteiger partial charge is 0.353 e. The van der Waals surface area contributed by atoms with E-state index in [1.165, 1.54) is 10.9 Å². The van der Waals surface area contributed by atoms with Gasteiger partial charge >= 0.3 is 0 Å². The molecule has 2 N–H and O–H groups in total. The number of amides is 1. The average Bonchev–Trinajstić information content (AvgIpc) is 3.27. The number of aromatic nitrogens is 3. The van der Waals surface area contributed by atoms with Gasteiger partial charge in [-0.05, 0) is 55.7 Å². The predicted octanol–water partition coefficient (Wildman–Crippen LogP) is 7.20. The van der Waals surface area contributed by atoms with Crippen LogP contribution in [0.15, 0.2) is 91.0 Å². The van der Waals surface area contributed by atoms with E-state index in [4.69, 9.17) is 4.98 Å². The Bertz CT molecular complexity index is 1730. The molecule has 0 unspecified atom stereocenters. The van der Waals surface area contributed by atoms with Crippen molar-refractivity contribution < 1.29 is 4.79 Å². The fourth-order valence-electron chi connectivity index (χ4n) is 4.93. The van der Waals surface area contributed by atoms with E-state index in [-0.39, 0.29) is 5.91 Å². The van der Waals surface area contributed by atoms with Crippen LogP contribution in [0.2, 0.25) is 0 Å². The minimum absolute atomic E-state index is 0.0102. The molecule has 3 aromatic carbocycles. The molecule has 6 aromatic rings. The lowest BCUT2D eigenvalue weighted by atomic mass is 10.0. The minimum atomic E-state index is 0.0102. The molecular formula is C31H26N4O. The first-order valence-electron chi connectivity index (χ1n) is 12.3. The lowest BCUT2D eigenvalue weighted by Gasteiger charge is -2.10. The molecular weight excluding hydrogens is 444 g/mol. The third kappa shape index (κ3) is 4.20. The molecule has 6 rings (SSSR count). The van der Waals surface area contributed by atoms with E-state index in [0.29, 0.717) is 6.42 Å². The minimum Gasteiger partial charge on any atom is -0.353 e. The van der Waals surface area contributed by atoms with Gasteiger partial charge in [-0.15, -0.1) is 0 Å². The molecule has 0 atom stereocenters. The molecule has 0 spiro atoms. The number of nitrogens with one attached hydrogen (secondary N) is 2. The van der Waals surface area contributed by atoms with Gasteiger partial charge in [-0.25, -0.2) is 4.98 Å². The Morgan fingerprint density at radius 1 is 0.833 bits per heavy atom. The zero-order valence-electron chi connectivity index (χ0n) is 20.1. The molecule has 0 saturated heterocycles.